The highest BCUT2D eigenvalue weighted by atomic mass is 17.4. The van der Waals surface area contributed by atoms with Crippen LogP contribution in [0.4, 0.5) is 0 Å². The zero-order valence-electron chi connectivity index (χ0n) is 3.47. The maximum absolute atomic E-state index is 8.49. The fourth-order valence-electron chi connectivity index (χ4n) is 0.166. The van der Waals surface area contributed by atoms with E-state index in [1.165, 1.54) is 0 Å². The van der Waals surface area contributed by atoms with Gasteiger partial charge in [-0.2, -0.15) is 9.78 Å². The standard InChI is InChI=1S/C3H6O3/c1-2-3(4)5-6-3/h4H,2H2,1H3. The summed E-state index contributed by atoms with van der Waals surface area (Å²) >= 11 is 0. The Bertz CT molecular complexity index is 57.1. The van der Waals surface area contributed by atoms with Crippen LogP contribution in [0.1, 0.15) is 13.3 Å². The molecule has 6 heavy (non-hydrogen) atoms. The number of aliphatic hydroxyl groups is 1. The molecule has 1 aliphatic heterocycles. The maximum atomic E-state index is 8.49. The van der Waals surface area contributed by atoms with Crippen LogP contribution in [0.3, 0.4) is 0 Å². The average molecular weight is 90.1 g/mol. The van der Waals surface area contributed by atoms with E-state index in [2.05, 4.69) is 9.78 Å². The molecular weight excluding hydrogens is 84.0 g/mol. The van der Waals surface area contributed by atoms with Gasteiger partial charge in [-0.1, -0.05) is 6.92 Å². The van der Waals surface area contributed by atoms with Crippen LogP contribution in [0.15, 0.2) is 0 Å². The lowest BCUT2D eigenvalue weighted by Gasteiger charge is -1.84. The topological polar surface area (TPSA) is 45.3 Å². The summed E-state index contributed by atoms with van der Waals surface area (Å²) in [5.74, 6) is -1.21. The Labute approximate surface area is 35.4 Å². The molecule has 3 heteroatoms. The van der Waals surface area contributed by atoms with E-state index in [1.54, 1.807) is 6.92 Å². The molecule has 1 rings (SSSR count). The Hall–Kier alpha value is -0.120. The van der Waals surface area contributed by atoms with Crippen molar-refractivity contribution in [2.75, 3.05) is 0 Å². The zero-order valence-corrected chi connectivity index (χ0v) is 3.47. The molecule has 0 radical (unpaired) electrons. The lowest BCUT2D eigenvalue weighted by Crippen LogP contribution is -2.03. The van der Waals surface area contributed by atoms with E-state index >= 15 is 0 Å². The second-order valence-electron chi connectivity index (χ2n) is 1.23. The third kappa shape index (κ3) is 0.518. The molecule has 0 aromatic carbocycles. The Kier molecular flexibility index (Phi) is 0.629. The minimum absolute atomic E-state index is 0.493. The summed E-state index contributed by atoms with van der Waals surface area (Å²) in [7, 11) is 0. The van der Waals surface area contributed by atoms with Gasteiger partial charge in [0.2, 0.25) is 0 Å². The molecule has 0 unspecified atom stereocenters. The Morgan fingerprint density at radius 3 is 2.17 bits per heavy atom. The summed E-state index contributed by atoms with van der Waals surface area (Å²) in [6.07, 6.45) is 0.493. The highest BCUT2D eigenvalue weighted by Crippen LogP contribution is 2.28. The smallest absolute Gasteiger partial charge is 0.337 e. The number of rotatable bonds is 1. The lowest BCUT2D eigenvalue weighted by molar-refractivity contribution is 0.0266. The molecular formula is C3H6O3. The van der Waals surface area contributed by atoms with Crippen molar-refractivity contribution >= 4 is 0 Å². The average Bonchev–Trinajstić information content (AvgIpc) is 2.22. The summed E-state index contributed by atoms with van der Waals surface area (Å²) in [5, 5.41) is 8.49. The van der Waals surface area contributed by atoms with Gasteiger partial charge < -0.3 is 5.11 Å². The third-order valence-corrected chi connectivity index (χ3v) is 0.723. The molecule has 36 valence electrons. The van der Waals surface area contributed by atoms with E-state index in [1.807, 2.05) is 0 Å². The van der Waals surface area contributed by atoms with E-state index in [9.17, 15) is 0 Å². The normalized spacial score (nSPS) is 27.0. The monoisotopic (exact) mass is 90.0 g/mol. The van der Waals surface area contributed by atoms with Gasteiger partial charge in [0.15, 0.2) is 0 Å². The summed E-state index contributed by atoms with van der Waals surface area (Å²) in [6.45, 7) is 1.77. The first kappa shape index (κ1) is 4.05. The van der Waals surface area contributed by atoms with Crippen LogP contribution in [0.25, 0.3) is 0 Å². The highest BCUT2D eigenvalue weighted by molar-refractivity contribution is 4.50. The van der Waals surface area contributed by atoms with Gasteiger partial charge in [-0.05, 0) is 0 Å². The van der Waals surface area contributed by atoms with E-state index < -0.39 is 5.97 Å². The van der Waals surface area contributed by atoms with E-state index in [0.717, 1.165) is 0 Å². The van der Waals surface area contributed by atoms with Crippen LogP contribution in [0.2, 0.25) is 0 Å². The van der Waals surface area contributed by atoms with Crippen molar-refractivity contribution in [1.82, 2.24) is 0 Å². The Morgan fingerprint density at radius 2 is 2.17 bits per heavy atom. The van der Waals surface area contributed by atoms with Gasteiger partial charge in [0.1, 0.15) is 0 Å². The highest BCUT2D eigenvalue weighted by Gasteiger charge is 2.44. The van der Waals surface area contributed by atoms with Gasteiger partial charge in [0.05, 0.1) is 0 Å². The molecule has 0 aromatic heterocycles. The summed E-state index contributed by atoms with van der Waals surface area (Å²) in [5.41, 5.74) is 0. The van der Waals surface area contributed by atoms with Gasteiger partial charge >= 0.3 is 5.97 Å². The molecule has 0 spiro atoms. The number of hydrogen-bond acceptors (Lipinski definition) is 3. The van der Waals surface area contributed by atoms with Crippen molar-refractivity contribution in [3.63, 3.8) is 0 Å². The van der Waals surface area contributed by atoms with E-state index in [0.29, 0.717) is 6.42 Å². The molecule has 3 nitrogen and oxygen atoms in total. The molecule has 1 heterocycles. The minimum Gasteiger partial charge on any atom is -0.340 e. The quantitative estimate of drug-likeness (QED) is 0.364. The first-order chi connectivity index (χ1) is 2.77. The Morgan fingerprint density at radius 1 is 1.67 bits per heavy atom. The summed E-state index contributed by atoms with van der Waals surface area (Å²) < 4.78 is 0. The molecule has 0 atom stereocenters. The molecule has 1 fully saturated rings. The molecule has 0 bridgehead atoms. The molecule has 1 N–H and O–H groups in total. The predicted molar refractivity (Wildman–Crippen MR) is 17.4 cm³/mol. The predicted octanol–water partition coefficient (Wildman–Crippen LogP) is 0.00430. The lowest BCUT2D eigenvalue weighted by atomic mass is 10.4. The molecule has 0 aliphatic carbocycles. The summed E-state index contributed by atoms with van der Waals surface area (Å²) in [4.78, 5) is 8.20. The van der Waals surface area contributed by atoms with Gasteiger partial charge in [0.25, 0.3) is 0 Å². The first-order valence-corrected chi connectivity index (χ1v) is 1.86. The minimum atomic E-state index is -1.21. The SMILES string of the molecule is CCC1(O)OO1. The van der Waals surface area contributed by atoms with Crippen LogP contribution in [-0.2, 0) is 9.78 Å². The molecule has 0 aromatic rings. The van der Waals surface area contributed by atoms with Gasteiger partial charge in [-0.15, -0.1) is 0 Å². The Balaban J connectivity index is 2.28. The van der Waals surface area contributed by atoms with Crippen LogP contribution in [0.5, 0.6) is 0 Å². The maximum Gasteiger partial charge on any atom is 0.337 e. The molecule has 1 aliphatic rings. The van der Waals surface area contributed by atoms with Crippen molar-refractivity contribution in [2.45, 2.75) is 19.3 Å². The molecule has 1 saturated heterocycles. The zero-order chi connectivity index (χ0) is 4.62. The van der Waals surface area contributed by atoms with E-state index in [-0.39, 0.29) is 0 Å². The second-order valence-corrected chi connectivity index (χ2v) is 1.23. The number of hydrogen-bond donors (Lipinski definition) is 1. The van der Waals surface area contributed by atoms with Crippen molar-refractivity contribution in [2.24, 2.45) is 0 Å². The van der Waals surface area contributed by atoms with Crippen molar-refractivity contribution in [3.05, 3.63) is 0 Å². The van der Waals surface area contributed by atoms with Crippen LogP contribution < -0.4 is 0 Å². The van der Waals surface area contributed by atoms with Crippen molar-refractivity contribution in [3.8, 4) is 0 Å². The molecule has 0 saturated carbocycles. The third-order valence-electron chi connectivity index (χ3n) is 0.723. The van der Waals surface area contributed by atoms with Crippen molar-refractivity contribution in [1.29, 1.82) is 0 Å². The largest absolute Gasteiger partial charge is 0.340 e. The fraction of sp³-hybridized carbons (Fsp3) is 1.00. The van der Waals surface area contributed by atoms with Gasteiger partial charge in [-0.3, -0.25) is 0 Å². The fourth-order valence-corrected chi connectivity index (χ4v) is 0.166. The van der Waals surface area contributed by atoms with Crippen LogP contribution >= 0.6 is 0 Å². The van der Waals surface area contributed by atoms with Gasteiger partial charge in [0, 0.05) is 6.42 Å². The second kappa shape index (κ2) is 0.932. The van der Waals surface area contributed by atoms with Gasteiger partial charge in [-0.25, -0.2) is 0 Å². The first-order valence-electron chi connectivity index (χ1n) is 1.86. The van der Waals surface area contributed by atoms with Crippen molar-refractivity contribution < 1.29 is 14.9 Å². The van der Waals surface area contributed by atoms with E-state index in [4.69, 9.17) is 5.11 Å². The molecule has 0 amide bonds. The van der Waals surface area contributed by atoms with Crippen LogP contribution in [-0.4, -0.2) is 11.1 Å². The van der Waals surface area contributed by atoms with Crippen LogP contribution in [0, 0.1) is 0 Å². The summed E-state index contributed by atoms with van der Waals surface area (Å²) in [6, 6.07) is 0.